The summed E-state index contributed by atoms with van der Waals surface area (Å²) in [5.41, 5.74) is 0.650. The van der Waals surface area contributed by atoms with Gasteiger partial charge in [-0.1, -0.05) is 11.3 Å². The molecule has 76 valence electrons. The van der Waals surface area contributed by atoms with Crippen LogP contribution in [-0.2, 0) is 0 Å². The summed E-state index contributed by atoms with van der Waals surface area (Å²) in [6.07, 6.45) is 3.08. The Labute approximate surface area is 93.5 Å². The summed E-state index contributed by atoms with van der Waals surface area (Å²) in [4.78, 5) is 11.0. The highest BCUT2D eigenvalue weighted by molar-refractivity contribution is 9.10. The maximum absolute atomic E-state index is 11.0. The lowest BCUT2D eigenvalue weighted by Crippen LogP contribution is -2.06. The third kappa shape index (κ3) is 1.75. The molecular weight excluding hydrogens is 262 g/mol. The van der Waals surface area contributed by atoms with Crippen LogP contribution in [0.15, 0.2) is 35.1 Å². The Morgan fingerprint density at radius 1 is 1.47 bits per heavy atom. The van der Waals surface area contributed by atoms with Crippen LogP contribution in [0.2, 0.25) is 0 Å². The maximum Gasteiger partial charge on any atom is 0.337 e. The van der Waals surface area contributed by atoms with E-state index in [1.54, 1.807) is 18.3 Å². The van der Waals surface area contributed by atoms with Gasteiger partial charge in [0.05, 0.1) is 23.6 Å². The lowest BCUT2D eigenvalue weighted by atomic mass is 10.2. The molecule has 0 saturated carbocycles. The van der Waals surface area contributed by atoms with Crippen LogP contribution >= 0.6 is 15.9 Å². The number of carboxylic acid groups (broad SMARTS) is 1. The van der Waals surface area contributed by atoms with E-state index in [4.69, 9.17) is 5.11 Å². The molecule has 0 saturated heterocycles. The zero-order valence-electron chi connectivity index (χ0n) is 7.46. The molecule has 2 aromatic rings. The van der Waals surface area contributed by atoms with Crippen molar-refractivity contribution < 1.29 is 9.90 Å². The van der Waals surface area contributed by atoms with E-state index in [0.29, 0.717) is 10.2 Å². The Morgan fingerprint density at radius 2 is 2.27 bits per heavy atom. The monoisotopic (exact) mass is 267 g/mol. The zero-order chi connectivity index (χ0) is 10.8. The van der Waals surface area contributed by atoms with Crippen LogP contribution in [0, 0.1) is 0 Å². The number of benzene rings is 1. The fourth-order valence-electron chi connectivity index (χ4n) is 1.25. The number of rotatable bonds is 2. The van der Waals surface area contributed by atoms with Crippen molar-refractivity contribution in [2.75, 3.05) is 0 Å². The van der Waals surface area contributed by atoms with Gasteiger partial charge in [0, 0.05) is 4.47 Å². The first-order valence-corrected chi connectivity index (χ1v) is 4.88. The highest BCUT2D eigenvalue weighted by atomic mass is 79.9. The largest absolute Gasteiger partial charge is 0.478 e. The molecule has 0 fully saturated rings. The van der Waals surface area contributed by atoms with Crippen LogP contribution in [0.5, 0.6) is 0 Å². The second kappa shape index (κ2) is 3.82. The number of nitrogens with zero attached hydrogens (tertiary/aromatic N) is 3. The number of carbonyl (C=O) groups is 1. The molecule has 1 aromatic carbocycles. The molecule has 0 spiro atoms. The second-order valence-corrected chi connectivity index (χ2v) is 3.64. The van der Waals surface area contributed by atoms with E-state index < -0.39 is 5.97 Å². The van der Waals surface area contributed by atoms with E-state index >= 15 is 0 Å². The van der Waals surface area contributed by atoms with Gasteiger partial charge in [-0.25, -0.2) is 9.48 Å². The van der Waals surface area contributed by atoms with Crippen molar-refractivity contribution in [1.29, 1.82) is 0 Å². The number of hydrogen-bond acceptors (Lipinski definition) is 3. The van der Waals surface area contributed by atoms with E-state index in [1.165, 1.54) is 16.9 Å². The summed E-state index contributed by atoms with van der Waals surface area (Å²) in [7, 11) is 0. The quantitative estimate of drug-likeness (QED) is 0.900. The first-order valence-electron chi connectivity index (χ1n) is 4.08. The lowest BCUT2D eigenvalue weighted by Gasteiger charge is -2.06. The van der Waals surface area contributed by atoms with Crippen LogP contribution in [0.1, 0.15) is 10.4 Å². The number of halogens is 1. The topological polar surface area (TPSA) is 68.0 Å². The molecule has 2 rings (SSSR count). The minimum Gasteiger partial charge on any atom is -0.478 e. The van der Waals surface area contributed by atoms with Gasteiger partial charge < -0.3 is 5.11 Å². The summed E-state index contributed by atoms with van der Waals surface area (Å²) < 4.78 is 2.07. The van der Waals surface area contributed by atoms with Gasteiger partial charge in [0.15, 0.2) is 0 Å². The predicted octanol–water partition coefficient (Wildman–Crippen LogP) is 1.73. The lowest BCUT2D eigenvalue weighted by molar-refractivity contribution is 0.0696. The van der Waals surface area contributed by atoms with Gasteiger partial charge >= 0.3 is 5.97 Å². The molecule has 1 aromatic heterocycles. The average molecular weight is 268 g/mol. The van der Waals surface area contributed by atoms with Crippen molar-refractivity contribution in [3.8, 4) is 5.69 Å². The van der Waals surface area contributed by atoms with Gasteiger partial charge in [-0.05, 0) is 28.1 Å². The molecule has 0 amide bonds. The highest BCUT2D eigenvalue weighted by Crippen LogP contribution is 2.23. The van der Waals surface area contributed by atoms with Gasteiger partial charge in [0.2, 0.25) is 0 Å². The molecule has 1 N–H and O–H groups in total. The highest BCUT2D eigenvalue weighted by Gasteiger charge is 2.14. The van der Waals surface area contributed by atoms with E-state index in [1.807, 2.05) is 0 Å². The first-order chi connectivity index (χ1) is 7.20. The van der Waals surface area contributed by atoms with E-state index in [9.17, 15) is 4.79 Å². The van der Waals surface area contributed by atoms with E-state index in [2.05, 4.69) is 26.2 Å². The standard InChI is InChI=1S/C9H6BrN3O2/c10-7-3-1-2-6(9(14)15)8(7)13-5-4-11-12-13/h1-5H,(H,14,15). The Balaban J connectivity index is 2.68. The maximum atomic E-state index is 11.0. The Hall–Kier alpha value is -1.69. The molecule has 0 radical (unpaired) electrons. The molecule has 0 unspecified atom stereocenters. The van der Waals surface area contributed by atoms with Crippen molar-refractivity contribution >= 4 is 21.9 Å². The smallest absolute Gasteiger partial charge is 0.337 e. The van der Waals surface area contributed by atoms with Gasteiger partial charge in [-0.15, -0.1) is 5.10 Å². The van der Waals surface area contributed by atoms with Crippen molar-refractivity contribution in [1.82, 2.24) is 15.0 Å². The summed E-state index contributed by atoms with van der Waals surface area (Å²) in [5.74, 6) is -0.998. The Kier molecular flexibility index (Phi) is 2.51. The summed E-state index contributed by atoms with van der Waals surface area (Å²) in [6.45, 7) is 0. The molecule has 0 atom stereocenters. The molecule has 0 bridgehead atoms. The molecule has 0 aliphatic heterocycles. The van der Waals surface area contributed by atoms with Crippen LogP contribution in [0.4, 0.5) is 0 Å². The third-order valence-electron chi connectivity index (χ3n) is 1.87. The second-order valence-electron chi connectivity index (χ2n) is 2.79. The minimum atomic E-state index is -0.998. The Bertz CT molecular complexity index is 496. The predicted molar refractivity (Wildman–Crippen MR) is 56.0 cm³/mol. The van der Waals surface area contributed by atoms with Crippen molar-refractivity contribution in [2.45, 2.75) is 0 Å². The Morgan fingerprint density at radius 3 is 2.87 bits per heavy atom. The number of aromatic carboxylic acids is 1. The summed E-state index contributed by atoms with van der Waals surface area (Å²) in [5, 5.41) is 16.4. The first kappa shape index (κ1) is 9.85. The van der Waals surface area contributed by atoms with Crippen molar-refractivity contribution in [3.05, 3.63) is 40.6 Å². The molecule has 15 heavy (non-hydrogen) atoms. The summed E-state index contributed by atoms with van der Waals surface area (Å²) in [6, 6.07) is 4.93. The molecular formula is C9H6BrN3O2. The van der Waals surface area contributed by atoms with Crippen LogP contribution in [0.25, 0.3) is 5.69 Å². The average Bonchev–Trinajstić information content (AvgIpc) is 2.70. The fourth-order valence-corrected chi connectivity index (χ4v) is 1.80. The SMILES string of the molecule is O=C(O)c1cccc(Br)c1-n1ccnn1. The van der Waals surface area contributed by atoms with Crippen molar-refractivity contribution in [3.63, 3.8) is 0 Å². The molecule has 5 nitrogen and oxygen atoms in total. The number of para-hydroxylation sites is 1. The summed E-state index contributed by atoms with van der Waals surface area (Å²) >= 11 is 3.28. The minimum absolute atomic E-state index is 0.176. The number of hydrogen-bond donors (Lipinski definition) is 1. The molecule has 6 heteroatoms. The van der Waals surface area contributed by atoms with Gasteiger partial charge in [-0.3, -0.25) is 0 Å². The van der Waals surface area contributed by atoms with Gasteiger partial charge in [-0.2, -0.15) is 0 Å². The van der Waals surface area contributed by atoms with Gasteiger partial charge in [0.25, 0.3) is 0 Å². The molecule has 0 aliphatic rings. The van der Waals surface area contributed by atoms with E-state index in [0.717, 1.165) is 0 Å². The van der Waals surface area contributed by atoms with Gasteiger partial charge in [0.1, 0.15) is 0 Å². The zero-order valence-corrected chi connectivity index (χ0v) is 9.05. The fraction of sp³-hybridized carbons (Fsp3) is 0. The van der Waals surface area contributed by atoms with Crippen LogP contribution in [-0.4, -0.2) is 26.1 Å². The third-order valence-corrected chi connectivity index (χ3v) is 2.51. The van der Waals surface area contributed by atoms with E-state index in [-0.39, 0.29) is 5.56 Å². The number of aromatic nitrogens is 3. The van der Waals surface area contributed by atoms with Crippen LogP contribution < -0.4 is 0 Å². The van der Waals surface area contributed by atoms with Crippen molar-refractivity contribution in [2.24, 2.45) is 0 Å². The molecule has 1 heterocycles. The molecule has 0 aliphatic carbocycles. The van der Waals surface area contributed by atoms with Crippen LogP contribution in [0.3, 0.4) is 0 Å². The normalized spacial score (nSPS) is 10.2. The number of carboxylic acids is 1.